The highest BCUT2D eigenvalue weighted by Crippen LogP contribution is 2.32. The maximum Gasteiger partial charge on any atom is 0.416 e. The van der Waals surface area contributed by atoms with Gasteiger partial charge in [-0.15, -0.1) is 0 Å². The van der Waals surface area contributed by atoms with Crippen LogP contribution in [0.2, 0.25) is 0 Å². The van der Waals surface area contributed by atoms with Gasteiger partial charge in [-0.3, -0.25) is 4.98 Å². The molecule has 0 unspecified atom stereocenters. The quantitative estimate of drug-likeness (QED) is 0.854. The van der Waals surface area contributed by atoms with Gasteiger partial charge in [0.25, 0.3) is 0 Å². The summed E-state index contributed by atoms with van der Waals surface area (Å²) in [4.78, 5) is 3.55. The fourth-order valence-electron chi connectivity index (χ4n) is 1.73. The number of aromatic nitrogens is 1. The fourth-order valence-corrected chi connectivity index (χ4v) is 2.83. The summed E-state index contributed by atoms with van der Waals surface area (Å²) in [5.41, 5.74) is -0.994. The molecule has 20 heavy (non-hydrogen) atoms. The number of nitriles is 1. The van der Waals surface area contributed by atoms with Crippen molar-refractivity contribution < 1.29 is 21.6 Å². The topological polar surface area (TPSA) is 70.8 Å². The van der Waals surface area contributed by atoms with Crippen molar-refractivity contribution in [1.82, 2.24) is 4.98 Å². The SMILES string of the molecule is N#CCS(=O)(=O)c1ccnc2cc(C(F)(F)F)ccc12. The zero-order valence-electron chi connectivity index (χ0n) is 9.85. The zero-order valence-corrected chi connectivity index (χ0v) is 10.7. The number of hydrogen-bond acceptors (Lipinski definition) is 4. The Bertz CT molecular complexity index is 808. The van der Waals surface area contributed by atoms with Crippen LogP contribution in [0.4, 0.5) is 13.2 Å². The number of pyridine rings is 1. The Morgan fingerprint density at radius 1 is 1.25 bits per heavy atom. The average Bonchev–Trinajstić information content (AvgIpc) is 2.36. The van der Waals surface area contributed by atoms with Crippen LogP contribution in [0.25, 0.3) is 10.9 Å². The molecule has 0 saturated heterocycles. The van der Waals surface area contributed by atoms with Gasteiger partial charge in [-0.25, -0.2) is 8.42 Å². The molecule has 4 nitrogen and oxygen atoms in total. The lowest BCUT2D eigenvalue weighted by molar-refractivity contribution is -0.137. The molecule has 2 aromatic rings. The second-order valence-electron chi connectivity index (χ2n) is 3.96. The molecular formula is C12H7F3N2O2S. The van der Waals surface area contributed by atoms with E-state index in [0.717, 1.165) is 24.4 Å². The molecule has 1 heterocycles. The summed E-state index contributed by atoms with van der Waals surface area (Å²) in [6.07, 6.45) is -3.43. The van der Waals surface area contributed by atoms with Gasteiger partial charge >= 0.3 is 6.18 Å². The Morgan fingerprint density at radius 3 is 2.55 bits per heavy atom. The molecular weight excluding hydrogens is 293 g/mol. The van der Waals surface area contributed by atoms with Crippen LogP contribution in [-0.2, 0) is 16.0 Å². The van der Waals surface area contributed by atoms with Gasteiger partial charge in [-0.1, -0.05) is 6.07 Å². The highest BCUT2D eigenvalue weighted by molar-refractivity contribution is 7.91. The minimum absolute atomic E-state index is 0.0655. The summed E-state index contributed by atoms with van der Waals surface area (Å²) in [6.45, 7) is 0. The van der Waals surface area contributed by atoms with E-state index in [9.17, 15) is 21.6 Å². The minimum Gasteiger partial charge on any atom is -0.256 e. The van der Waals surface area contributed by atoms with Crippen molar-refractivity contribution in [1.29, 1.82) is 5.26 Å². The van der Waals surface area contributed by atoms with E-state index in [2.05, 4.69) is 4.98 Å². The minimum atomic E-state index is -4.53. The summed E-state index contributed by atoms with van der Waals surface area (Å²) < 4.78 is 61.5. The van der Waals surface area contributed by atoms with E-state index in [1.807, 2.05) is 0 Å². The first kappa shape index (κ1) is 14.3. The summed E-state index contributed by atoms with van der Waals surface area (Å²) in [5, 5.41) is 8.56. The lowest BCUT2D eigenvalue weighted by Crippen LogP contribution is -2.08. The van der Waals surface area contributed by atoms with Crippen LogP contribution in [-0.4, -0.2) is 19.2 Å². The van der Waals surface area contributed by atoms with Crippen molar-refractivity contribution in [2.24, 2.45) is 0 Å². The Kier molecular flexibility index (Phi) is 3.39. The van der Waals surface area contributed by atoms with Gasteiger partial charge in [-0.2, -0.15) is 18.4 Å². The number of nitrogens with zero attached hydrogens (tertiary/aromatic N) is 2. The molecule has 0 saturated carbocycles. The normalized spacial score (nSPS) is 12.3. The number of halogens is 3. The van der Waals surface area contributed by atoms with E-state index < -0.39 is 27.3 Å². The zero-order chi connectivity index (χ0) is 15.0. The Morgan fingerprint density at radius 2 is 1.95 bits per heavy atom. The molecule has 0 bridgehead atoms. The summed E-state index contributed by atoms with van der Waals surface area (Å²) in [6, 6.07) is 5.30. The van der Waals surface area contributed by atoms with Crippen molar-refractivity contribution in [3.63, 3.8) is 0 Å². The van der Waals surface area contributed by atoms with Gasteiger partial charge in [0.2, 0.25) is 0 Å². The lowest BCUT2D eigenvalue weighted by Gasteiger charge is -2.09. The van der Waals surface area contributed by atoms with Crippen molar-refractivity contribution in [3.8, 4) is 6.07 Å². The monoisotopic (exact) mass is 300 g/mol. The molecule has 0 aliphatic rings. The third kappa shape index (κ3) is 2.58. The highest BCUT2D eigenvalue weighted by atomic mass is 32.2. The molecule has 1 aromatic heterocycles. The number of alkyl halides is 3. The van der Waals surface area contributed by atoms with E-state index in [1.54, 1.807) is 0 Å². The van der Waals surface area contributed by atoms with Crippen LogP contribution in [0.3, 0.4) is 0 Å². The maximum absolute atomic E-state index is 12.6. The van der Waals surface area contributed by atoms with Crippen molar-refractivity contribution >= 4 is 20.7 Å². The van der Waals surface area contributed by atoms with Gasteiger partial charge < -0.3 is 0 Å². The molecule has 104 valence electrons. The van der Waals surface area contributed by atoms with E-state index >= 15 is 0 Å². The van der Waals surface area contributed by atoms with Crippen LogP contribution in [0.5, 0.6) is 0 Å². The first-order valence-corrected chi connectivity index (χ1v) is 6.96. The van der Waals surface area contributed by atoms with Crippen LogP contribution in [0.1, 0.15) is 5.56 Å². The molecule has 0 amide bonds. The Balaban J connectivity index is 2.70. The molecule has 0 aliphatic heterocycles. The maximum atomic E-state index is 12.6. The van der Waals surface area contributed by atoms with Gasteiger partial charge in [0.1, 0.15) is 5.75 Å². The lowest BCUT2D eigenvalue weighted by atomic mass is 10.1. The standard InChI is InChI=1S/C12H7F3N2O2S/c13-12(14,15)8-1-2-9-10(7-8)17-5-3-11(9)20(18,19)6-4-16/h1-3,5,7H,6H2. The third-order valence-corrected chi connectivity index (χ3v) is 4.15. The fraction of sp³-hybridized carbons (Fsp3) is 0.167. The number of rotatable bonds is 2. The Labute approximate surface area is 112 Å². The molecule has 0 spiro atoms. The number of benzene rings is 1. The molecule has 0 fully saturated rings. The predicted molar refractivity (Wildman–Crippen MR) is 64.4 cm³/mol. The van der Waals surface area contributed by atoms with Gasteiger partial charge in [0, 0.05) is 11.6 Å². The molecule has 0 N–H and O–H groups in total. The summed E-state index contributed by atoms with van der Waals surface area (Å²) in [7, 11) is -3.87. The van der Waals surface area contributed by atoms with Crippen molar-refractivity contribution in [3.05, 3.63) is 36.0 Å². The van der Waals surface area contributed by atoms with Crippen molar-refractivity contribution in [2.45, 2.75) is 11.1 Å². The van der Waals surface area contributed by atoms with E-state index in [1.165, 1.54) is 12.1 Å². The molecule has 1 aromatic carbocycles. The smallest absolute Gasteiger partial charge is 0.256 e. The van der Waals surface area contributed by atoms with Gasteiger partial charge in [0.05, 0.1) is 22.0 Å². The second-order valence-corrected chi connectivity index (χ2v) is 5.91. The first-order chi connectivity index (χ1) is 9.25. The Hall–Kier alpha value is -2.14. The second kappa shape index (κ2) is 4.76. The third-order valence-electron chi connectivity index (χ3n) is 2.62. The number of fused-ring (bicyclic) bond motifs is 1. The molecule has 0 aliphatic carbocycles. The molecule has 8 heteroatoms. The highest BCUT2D eigenvalue weighted by Gasteiger charge is 2.31. The number of sulfone groups is 1. The molecule has 0 radical (unpaired) electrons. The van der Waals surface area contributed by atoms with Gasteiger partial charge in [-0.05, 0) is 18.2 Å². The van der Waals surface area contributed by atoms with Crippen LogP contribution in [0, 0.1) is 11.3 Å². The molecule has 2 rings (SSSR count). The van der Waals surface area contributed by atoms with E-state index in [4.69, 9.17) is 5.26 Å². The molecule has 0 atom stereocenters. The van der Waals surface area contributed by atoms with Crippen LogP contribution < -0.4 is 0 Å². The predicted octanol–water partition coefficient (Wildman–Crippen LogP) is 2.55. The first-order valence-electron chi connectivity index (χ1n) is 5.31. The van der Waals surface area contributed by atoms with Gasteiger partial charge in [0.15, 0.2) is 9.84 Å². The van der Waals surface area contributed by atoms with Crippen molar-refractivity contribution in [2.75, 3.05) is 5.75 Å². The number of hydrogen-bond donors (Lipinski definition) is 0. The largest absolute Gasteiger partial charge is 0.416 e. The summed E-state index contributed by atoms with van der Waals surface area (Å²) in [5.74, 6) is -0.743. The summed E-state index contributed by atoms with van der Waals surface area (Å²) >= 11 is 0. The van der Waals surface area contributed by atoms with E-state index in [-0.39, 0.29) is 15.8 Å². The van der Waals surface area contributed by atoms with Crippen LogP contribution >= 0.6 is 0 Å². The average molecular weight is 300 g/mol. The van der Waals surface area contributed by atoms with E-state index in [0.29, 0.717) is 0 Å². The van der Waals surface area contributed by atoms with Crippen LogP contribution in [0.15, 0.2) is 35.4 Å².